The minimum absolute atomic E-state index is 0.0812. The monoisotopic (exact) mass is 456 g/mol. The van der Waals surface area contributed by atoms with E-state index in [1.54, 1.807) is 16.7 Å². The highest BCUT2D eigenvalue weighted by Crippen LogP contribution is 2.34. The molecule has 0 aliphatic heterocycles. The Kier molecular flexibility index (Phi) is 5.84. The van der Waals surface area contributed by atoms with Gasteiger partial charge < -0.3 is 14.0 Å². The van der Waals surface area contributed by atoms with Crippen molar-refractivity contribution in [1.29, 1.82) is 0 Å². The van der Waals surface area contributed by atoms with Gasteiger partial charge >= 0.3 is 0 Å². The molecule has 0 saturated heterocycles. The molecule has 2 aromatic heterocycles. The van der Waals surface area contributed by atoms with E-state index in [0.29, 0.717) is 17.4 Å². The van der Waals surface area contributed by atoms with E-state index in [0.717, 1.165) is 17.2 Å². The Bertz CT molecular complexity index is 1310. The van der Waals surface area contributed by atoms with E-state index in [9.17, 15) is 4.79 Å². The molecule has 4 aromatic rings. The van der Waals surface area contributed by atoms with Crippen molar-refractivity contribution < 1.29 is 23.0 Å². The normalized spacial score (nSPS) is 11.1. The molecule has 164 valence electrons. The van der Waals surface area contributed by atoms with Gasteiger partial charge in [-0.2, -0.15) is 0 Å². The molecule has 0 aliphatic rings. The fourth-order valence-corrected chi connectivity index (χ4v) is 3.75. The Balaban J connectivity index is 1.93. The zero-order valence-corrected chi connectivity index (χ0v) is 18.3. The Labute approximate surface area is 188 Å². The van der Waals surface area contributed by atoms with E-state index >= 15 is 8.78 Å². The van der Waals surface area contributed by atoms with Crippen LogP contribution >= 0.6 is 11.6 Å². The molecule has 0 atom stereocenters. The Hall–Kier alpha value is -3.45. The van der Waals surface area contributed by atoms with E-state index in [1.807, 2.05) is 31.2 Å². The number of aromatic nitrogens is 2. The van der Waals surface area contributed by atoms with Crippen molar-refractivity contribution >= 4 is 28.3 Å². The number of carbonyl (C=O) groups is 1. The molecule has 5 nitrogen and oxygen atoms in total. The van der Waals surface area contributed by atoms with Gasteiger partial charge in [-0.3, -0.25) is 4.79 Å². The minimum atomic E-state index is -1.10. The van der Waals surface area contributed by atoms with Crippen LogP contribution in [0.3, 0.4) is 0 Å². The van der Waals surface area contributed by atoms with Gasteiger partial charge in [-0.05, 0) is 24.6 Å². The van der Waals surface area contributed by atoms with Gasteiger partial charge in [-0.1, -0.05) is 41.4 Å². The van der Waals surface area contributed by atoms with Crippen LogP contribution in [-0.2, 0) is 6.54 Å². The molecule has 2 heterocycles. The van der Waals surface area contributed by atoms with E-state index in [2.05, 4.69) is 4.98 Å². The second kappa shape index (κ2) is 8.59. The predicted octanol–water partition coefficient (Wildman–Crippen LogP) is 5.57. The number of halogens is 3. The SMILES string of the molecule is COc1cc(OC)c(F)c(C(=O)c2cc3cc(Cl)ncc3n2Cc2ccc(C)cc2)c1F. The van der Waals surface area contributed by atoms with Crippen molar-refractivity contribution in [2.75, 3.05) is 14.2 Å². The number of methoxy groups -OCH3 is 2. The molecule has 0 saturated carbocycles. The number of nitrogens with zero attached hydrogens (tertiary/aromatic N) is 2. The fraction of sp³-hybridized carbons (Fsp3) is 0.167. The van der Waals surface area contributed by atoms with Crippen LogP contribution < -0.4 is 9.47 Å². The highest BCUT2D eigenvalue weighted by Gasteiger charge is 2.29. The molecular formula is C24H19ClF2N2O3. The summed E-state index contributed by atoms with van der Waals surface area (Å²) >= 11 is 6.03. The number of aryl methyl sites for hydroxylation is 1. The minimum Gasteiger partial charge on any atom is -0.494 e. The average molecular weight is 457 g/mol. The standard InChI is InChI=1S/C24H19ClF2N2O3/c1-13-4-6-14(7-5-13)12-29-16(8-15-9-20(25)28-11-17(15)29)24(30)21-22(26)18(31-2)10-19(32-3)23(21)27/h4-11H,12H2,1-3H3. The number of hydrogen-bond donors (Lipinski definition) is 0. The summed E-state index contributed by atoms with van der Waals surface area (Å²) in [5, 5.41) is 0.862. The van der Waals surface area contributed by atoms with Crippen molar-refractivity contribution in [3.8, 4) is 11.5 Å². The second-order valence-corrected chi connectivity index (χ2v) is 7.67. The lowest BCUT2D eigenvalue weighted by Crippen LogP contribution is -2.15. The van der Waals surface area contributed by atoms with Gasteiger partial charge in [0.1, 0.15) is 10.7 Å². The quantitative estimate of drug-likeness (QED) is 0.281. The van der Waals surface area contributed by atoms with Crippen LogP contribution in [0.4, 0.5) is 8.78 Å². The topological polar surface area (TPSA) is 53.4 Å². The summed E-state index contributed by atoms with van der Waals surface area (Å²) < 4.78 is 41.7. The zero-order valence-electron chi connectivity index (χ0n) is 17.6. The maximum Gasteiger partial charge on any atom is 0.215 e. The molecule has 32 heavy (non-hydrogen) atoms. The van der Waals surface area contributed by atoms with Gasteiger partial charge in [0.25, 0.3) is 0 Å². The molecule has 0 unspecified atom stereocenters. The average Bonchev–Trinajstić information content (AvgIpc) is 3.12. The third-order valence-electron chi connectivity index (χ3n) is 5.25. The molecule has 4 rings (SSSR count). The van der Waals surface area contributed by atoms with Crippen molar-refractivity contribution in [2.24, 2.45) is 0 Å². The molecule has 0 radical (unpaired) electrons. The number of rotatable bonds is 6. The van der Waals surface area contributed by atoms with Crippen LogP contribution in [0, 0.1) is 18.6 Å². The summed E-state index contributed by atoms with van der Waals surface area (Å²) in [5.74, 6) is -3.63. The summed E-state index contributed by atoms with van der Waals surface area (Å²) in [6.07, 6.45) is 1.53. The van der Waals surface area contributed by atoms with E-state index in [4.69, 9.17) is 21.1 Å². The number of hydrogen-bond acceptors (Lipinski definition) is 4. The number of pyridine rings is 1. The van der Waals surface area contributed by atoms with Crippen LogP contribution in [0.25, 0.3) is 10.9 Å². The third kappa shape index (κ3) is 3.80. The zero-order chi connectivity index (χ0) is 23.0. The van der Waals surface area contributed by atoms with Gasteiger partial charge in [0.2, 0.25) is 5.78 Å². The van der Waals surface area contributed by atoms with Crippen molar-refractivity contribution in [3.05, 3.63) is 87.8 Å². The van der Waals surface area contributed by atoms with Crippen LogP contribution in [-0.4, -0.2) is 29.6 Å². The fourth-order valence-electron chi connectivity index (χ4n) is 3.58. The van der Waals surface area contributed by atoms with Crippen LogP contribution in [0.15, 0.2) is 48.7 Å². The summed E-state index contributed by atoms with van der Waals surface area (Å²) in [4.78, 5) is 17.6. The third-order valence-corrected chi connectivity index (χ3v) is 5.46. The Morgan fingerprint density at radius 3 is 2.25 bits per heavy atom. The summed E-state index contributed by atoms with van der Waals surface area (Å²) in [6, 6.07) is 12.0. The van der Waals surface area contributed by atoms with Crippen LogP contribution in [0.1, 0.15) is 27.2 Å². The first-order chi connectivity index (χ1) is 15.3. The van der Waals surface area contributed by atoms with Gasteiger partial charge in [-0.25, -0.2) is 13.8 Å². The first kappa shape index (κ1) is 21.8. The van der Waals surface area contributed by atoms with Crippen molar-refractivity contribution in [3.63, 3.8) is 0 Å². The summed E-state index contributed by atoms with van der Waals surface area (Å²) in [7, 11) is 2.46. The van der Waals surface area contributed by atoms with Gasteiger partial charge in [0.15, 0.2) is 23.1 Å². The molecule has 0 aliphatic carbocycles. The molecule has 0 spiro atoms. The number of carbonyl (C=O) groups excluding carboxylic acids is 1. The Morgan fingerprint density at radius 2 is 1.66 bits per heavy atom. The largest absolute Gasteiger partial charge is 0.494 e. The van der Waals surface area contributed by atoms with E-state index < -0.39 is 23.0 Å². The maximum atomic E-state index is 15.0. The molecule has 2 aromatic carbocycles. The van der Waals surface area contributed by atoms with Gasteiger partial charge in [0.05, 0.1) is 31.6 Å². The lowest BCUT2D eigenvalue weighted by molar-refractivity contribution is 0.102. The molecular weight excluding hydrogens is 438 g/mol. The smallest absolute Gasteiger partial charge is 0.215 e. The number of ketones is 1. The first-order valence-electron chi connectivity index (χ1n) is 9.69. The van der Waals surface area contributed by atoms with Crippen molar-refractivity contribution in [2.45, 2.75) is 13.5 Å². The highest BCUT2D eigenvalue weighted by atomic mass is 35.5. The van der Waals surface area contributed by atoms with Gasteiger partial charge in [-0.15, -0.1) is 0 Å². The molecule has 0 fully saturated rings. The Morgan fingerprint density at radius 1 is 1.03 bits per heavy atom. The van der Waals surface area contributed by atoms with E-state index in [-0.39, 0.29) is 22.3 Å². The lowest BCUT2D eigenvalue weighted by Gasteiger charge is -2.14. The van der Waals surface area contributed by atoms with Crippen molar-refractivity contribution in [1.82, 2.24) is 9.55 Å². The molecule has 0 amide bonds. The molecule has 8 heteroatoms. The van der Waals surface area contributed by atoms with Crippen LogP contribution in [0.2, 0.25) is 5.15 Å². The van der Waals surface area contributed by atoms with E-state index in [1.165, 1.54) is 20.4 Å². The maximum absolute atomic E-state index is 15.0. The second-order valence-electron chi connectivity index (χ2n) is 7.28. The van der Waals surface area contributed by atoms with Gasteiger partial charge in [0, 0.05) is 18.0 Å². The number of ether oxygens (including phenoxy) is 2. The summed E-state index contributed by atoms with van der Waals surface area (Å²) in [6.45, 7) is 2.26. The highest BCUT2D eigenvalue weighted by molar-refractivity contribution is 6.30. The molecule has 0 N–H and O–H groups in total. The summed E-state index contributed by atoms with van der Waals surface area (Å²) in [5.41, 5.74) is 1.92. The predicted molar refractivity (Wildman–Crippen MR) is 118 cm³/mol. The lowest BCUT2D eigenvalue weighted by atomic mass is 10.0. The number of fused-ring (bicyclic) bond motifs is 1. The molecule has 0 bridgehead atoms. The van der Waals surface area contributed by atoms with Crippen LogP contribution in [0.5, 0.6) is 11.5 Å². The number of benzene rings is 2. The first-order valence-corrected chi connectivity index (χ1v) is 10.1.